The van der Waals surface area contributed by atoms with E-state index in [4.69, 9.17) is 9.53 Å². The van der Waals surface area contributed by atoms with Crippen molar-refractivity contribution in [1.82, 2.24) is 0 Å². The summed E-state index contributed by atoms with van der Waals surface area (Å²) < 4.78 is 19.2. The summed E-state index contributed by atoms with van der Waals surface area (Å²) in [7, 11) is 1.72. The molecule has 0 aliphatic heterocycles. The van der Waals surface area contributed by atoms with Crippen LogP contribution in [0, 0.1) is 11.3 Å². The molecule has 0 N–H and O–H groups in total. The fraction of sp³-hybridized carbons (Fsp3) is 0.414. The largest absolute Gasteiger partial charge is 0.384 e. The molecule has 0 aromatic rings. The summed E-state index contributed by atoms with van der Waals surface area (Å²) in [6.07, 6.45) is 11.9. The van der Waals surface area contributed by atoms with Crippen LogP contribution in [0.3, 0.4) is 0 Å². The molecule has 178 valence electrons. The molecule has 1 aliphatic rings. The van der Waals surface area contributed by atoms with Crippen LogP contribution < -0.4 is 0 Å². The summed E-state index contributed by atoms with van der Waals surface area (Å²) in [5.41, 5.74) is 4.00. The third kappa shape index (κ3) is 10.7. The summed E-state index contributed by atoms with van der Waals surface area (Å²) in [6, 6.07) is 0. The zero-order valence-corrected chi connectivity index (χ0v) is 21.1. The highest BCUT2D eigenvalue weighted by Gasteiger charge is 2.36. The lowest BCUT2D eigenvalue weighted by atomic mass is 9.74. The van der Waals surface area contributed by atoms with Crippen LogP contribution >= 0.6 is 0 Å². The third-order valence-corrected chi connectivity index (χ3v) is 5.27. The second kappa shape index (κ2) is 17.1. The molecule has 0 radical (unpaired) electrons. The molecule has 0 heterocycles. The van der Waals surface area contributed by atoms with E-state index in [1.54, 1.807) is 7.11 Å². The summed E-state index contributed by atoms with van der Waals surface area (Å²) in [5, 5.41) is 0. The second-order valence-corrected chi connectivity index (χ2v) is 7.68. The quantitative estimate of drug-likeness (QED) is 0.139. The number of allylic oxidation sites excluding steroid dienone is 10. The predicted octanol–water partition coefficient (Wildman–Crippen LogP) is 8.44. The second-order valence-electron chi connectivity index (χ2n) is 7.68. The molecule has 0 fully saturated rings. The molecule has 0 bridgehead atoms. The molecule has 1 unspecified atom stereocenters. The average molecular weight is 443 g/mol. The topological polar surface area (TPSA) is 26.3 Å². The van der Waals surface area contributed by atoms with Crippen LogP contribution in [0.25, 0.3) is 0 Å². The van der Waals surface area contributed by atoms with Gasteiger partial charge in [-0.05, 0) is 59.6 Å². The van der Waals surface area contributed by atoms with Crippen molar-refractivity contribution in [3.8, 4) is 0 Å². The van der Waals surface area contributed by atoms with E-state index in [0.29, 0.717) is 42.0 Å². The van der Waals surface area contributed by atoms with Gasteiger partial charge in [0, 0.05) is 19.1 Å². The van der Waals surface area contributed by atoms with Gasteiger partial charge < -0.3 is 4.74 Å². The smallest absolute Gasteiger partial charge is 0.142 e. The number of halogens is 1. The normalized spacial score (nSPS) is 19.7. The number of hydrogen-bond donors (Lipinski definition) is 0. The Balaban J connectivity index is 0. The first-order chi connectivity index (χ1) is 15.1. The van der Waals surface area contributed by atoms with Crippen molar-refractivity contribution >= 4 is 6.29 Å². The van der Waals surface area contributed by atoms with Crippen molar-refractivity contribution in [2.45, 2.75) is 53.9 Å². The standard InChI is InChI=1S/C24H33FO.C3H4O.C2H6/c1-9-18(3)23(25)15-20(5)19(4)10-11-21(6)24(7)16-17(2)14-22(24)12-13-26-8;1-2-3-4;1-2/h10-11,14-15,17H,3-6,9,12-13,16H2,1-2,7-8H3;2-3H,1H2;1-2H3/b11-10-,23-15+;;/t17?,24-;;/m0../s1. The van der Waals surface area contributed by atoms with Crippen molar-refractivity contribution in [2.24, 2.45) is 11.3 Å². The number of aldehydes is 1. The van der Waals surface area contributed by atoms with E-state index in [1.165, 1.54) is 17.7 Å². The first-order valence-corrected chi connectivity index (χ1v) is 11.1. The van der Waals surface area contributed by atoms with Gasteiger partial charge in [-0.15, -0.1) is 0 Å². The van der Waals surface area contributed by atoms with Crippen molar-refractivity contribution in [2.75, 3.05) is 13.7 Å². The maximum Gasteiger partial charge on any atom is 0.142 e. The summed E-state index contributed by atoms with van der Waals surface area (Å²) in [6.45, 7) is 30.0. The lowest BCUT2D eigenvalue weighted by Crippen LogP contribution is -2.19. The van der Waals surface area contributed by atoms with Crippen LogP contribution in [-0.2, 0) is 9.53 Å². The minimum Gasteiger partial charge on any atom is -0.384 e. The van der Waals surface area contributed by atoms with E-state index < -0.39 is 0 Å². The maximum atomic E-state index is 13.9. The van der Waals surface area contributed by atoms with E-state index in [-0.39, 0.29) is 11.2 Å². The van der Waals surface area contributed by atoms with Crippen LogP contribution in [0.15, 0.2) is 97.0 Å². The van der Waals surface area contributed by atoms with Crippen LogP contribution in [0.5, 0.6) is 0 Å². The molecule has 0 saturated heterocycles. The first kappa shape index (κ1) is 31.7. The van der Waals surface area contributed by atoms with Crippen molar-refractivity contribution in [3.63, 3.8) is 0 Å². The lowest BCUT2D eigenvalue weighted by molar-refractivity contribution is -0.104. The highest BCUT2D eigenvalue weighted by atomic mass is 19.1. The van der Waals surface area contributed by atoms with Gasteiger partial charge in [0.05, 0.1) is 0 Å². The van der Waals surface area contributed by atoms with Crippen LogP contribution in [0.1, 0.15) is 53.9 Å². The lowest BCUT2D eigenvalue weighted by Gasteiger charge is -2.30. The van der Waals surface area contributed by atoms with Gasteiger partial charge in [-0.25, -0.2) is 4.39 Å². The Kier molecular flexibility index (Phi) is 16.9. The molecule has 0 aromatic heterocycles. The van der Waals surface area contributed by atoms with E-state index in [2.05, 4.69) is 52.8 Å². The van der Waals surface area contributed by atoms with Gasteiger partial charge in [-0.3, -0.25) is 4.79 Å². The minimum atomic E-state index is -0.341. The minimum absolute atomic E-state index is 0.0757. The highest BCUT2D eigenvalue weighted by Crippen LogP contribution is 2.48. The van der Waals surface area contributed by atoms with E-state index in [9.17, 15) is 4.39 Å². The number of hydrogen-bond acceptors (Lipinski definition) is 2. The molecule has 0 amide bonds. The van der Waals surface area contributed by atoms with Crippen molar-refractivity contribution < 1.29 is 13.9 Å². The maximum absolute atomic E-state index is 13.9. The number of ether oxygens (including phenoxy) is 1. The Labute approximate surface area is 196 Å². The molecule has 2 atom stereocenters. The monoisotopic (exact) mass is 442 g/mol. The highest BCUT2D eigenvalue weighted by molar-refractivity contribution is 5.63. The van der Waals surface area contributed by atoms with Gasteiger partial charge in [0.1, 0.15) is 12.1 Å². The Morgan fingerprint density at radius 3 is 2.25 bits per heavy atom. The number of rotatable bonds is 11. The van der Waals surface area contributed by atoms with Gasteiger partial charge in [0.2, 0.25) is 0 Å². The SMILES string of the molecule is C=C(/C=C\C(=C)[C@]1(C)CC(C)C=C1CCOC)C(=C)/C=C(/F)C(=C)CC.C=CC=O.CC. The van der Waals surface area contributed by atoms with Gasteiger partial charge >= 0.3 is 0 Å². The molecule has 1 aliphatic carbocycles. The summed E-state index contributed by atoms with van der Waals surface area (Å²) in [4.78, 5) is 9.06. The fourth-order valence-electron chi connectivity index (χ4n) is 3.28. The average Bonchev–Trinajstić information content (AvgIpc) is 3.10. The van der Waals surface area contributed by atoms with Gasteiger partial charge in [-0.2, -0.15) is 0 Å². The molecule has 2 nitrogen and oxygen atoms in total. The summed E-state index contributed by atoms with van der Waals surface area (Å²) >= 11 is 0. The molecule has 1 rings (SSSR count). The van der Waals surface area contributed by atoms with Crippen LogP contribution in [0.4, 0.5) is 4.39 Å². The molecular formula is C29H43FO2. The Morgan fingerprint density at radius 2 is 1.78 bits per heavy atom. The third-order valence-electron chi connectivity index (χ3n) is 5.27. The Bertz CT molecular complexity index is 758. The molecule has 0 aromatic carbocycles. The summed E-state index contributed by atoms with van der Waals surface area (Å²) in [5.74, 6) is 0.180. The molecular weight excluding hydrogens is 399 g/mol. The molecule has 3 heteroatoms. The fourth-order valence-corrected chi connectivity index (χ4v) is 3.28. The Morgan fingerprint density at radius 1 is 1.22 bits per heavy atom. The zero-order valence-electron chi connectivity index (χ0n) is 21.1. The molecule has 32 heavy (non-hydrogen) atoms. The Hall–Kier alpha value is -2.52. The first-order valence-electron chi connectivity index (χ1n) is 11.1. The number of carbonyl (C=O) groups excluding carboxylic acids is 1. The van der Waals surface area contributed by atoms with Gasteiger partial charge in [0.15, 0.2) is 0 Å². The van der Waals surface area contributed by atoms with E-state index in [0.717, 1.165) is 18.4 Å². The van der Waals surface area contributed by atoms with E-state index >= 15 is 0 Å². The van der Waals surface area contributed by atoms with Gasteiger partial charge in [-0.1, -0.05) is 91.3 Å². The van der Waals surface area contributed by atoms with Gasteiger partial charge in [0.25, 0.3) is 0 Å². The van der Waals surface area contributed by atoms with E-state index in [1.807, 2.05) is 32.9 Å². The van der Waals surface area contributed by atoms with Crippen LogP contribution in [0.2, 0.25) is 0 Å². The number of methoxy groups -OCH3 is 1. The van der Waals surface area contributed by atoms with Crippen LogP contribution in [-0.4, -0.2) is 20.0 Å². The molecule has 0 spiro atoms. The molecule has 0 saturated carbocycles. The number of carbonyl (C=O) groups is 1. The predicted molar refractivity (Wildman–Crippen MR) is 139 cm³/mol. The van der Waals surface area contributed by atoms with Crippen molar-refractivity contribution in [1.29, 1.82) is 0 Å². The van der Waals surface area contributed by atoms with Crippen molar-refractivity contribution in [3.05, 3.63) is 97.0 Å². The zero-order chi connectivity index (χ0) is 25.3.